The van der Waals surface area contributed by atoms with Crippen molar-refractivity contribution in [2.75, 3.05) is 0 Å². The zero-order valence-electron chi connectivity index (χ0n) is 25.6. The van der Waals surface area contributed by atoms with E-state index in [1.165, 1.54) is 76.5 Å². The molecule has 10 aromatic rings. The molecule has 0 aliphatic carbocycles. The van der Waals surface area contributed by atoms with Crippen LogP contribution in [0, 0.1) is 0 Å². The number of benzene rings is 9. The predicted molar refractivity (Wildman–Crippen MR) is 200 cm³/mol. The van der Waals surface area contributed by atoms with Crippen LogP contribution in [0.2, 0.25) is 0 Å². The van der Waals surface area contributed by atoms with Crippen molar-refractivity contribution in [3.8, 4) is 33.4 Å². The van der Waals surface area contributed by atoms with Gasteiger partial charge < -0.3 is 4.42 Å². The lowest BCUT2D eigenvalue weighted by atomic mass is 9.84. The van der Waals surface area contributed by atoms with Crippen LogP contribution in [0.1, 0.15) is 0 Å². The van der Waals surface area contributed by atoms with Gasteiger partial charge >= 0.3 is 0 Å². The Kier molecular flexibility index (Phi) is 5.64. The van der Waals surface area contributed by atoms with E-state index in [9.17, 15) is 0 Å². The van der Waals surface area contributed by atoms with Crippen LogP contribution >= 0.6 is 0 Å². The molecule has 218 valence electrons. The largest absolute Gasteiger partial charge is 0.456 e. The zero-order chi connectivity index (χ0) is 30.9. The molecule has 0 N–H and O–H groups in total. The third kappa shape index (κ3) is 3.90. The topological polar surface area (TPSA) is 13.1 Å². The van der Waals surface area contributed by atoms with E-state index < -0.39 is 0 Å². The maximum atomic E-state index is 6.34. The monoisotopic (exact) mass is 596 g/mol. The summed E-state index contributed by atoms with van der Waals surface area (Å²) in [5.74, 6) is 0. The van der Waals surface area contributed by atoms with Crippen LogP contribution in [0.4, 0.5) is 0 Å². The van der Waals surface area contributed by atoms with Gasteiger partial charge in [0, 0.05) is 10.8 Å². The number of hydrogen-bond acceptors (Lipinski definition) is 1. The minimum atomic E-state index is 0.913. The van der Waals surface area contributed by atoms with E-state index in [4.69, 9.17) is 4.42 Å². The van der Waals surface area contributed by atoms with Crippen LogP contribution in [0.15, 0.2) is 174 Å². The lowest BCUT2D eigenvalue weighted by molar-refractivity contribution is 0.669. The minimum absolute atomic E-state index is 0.913. The molecule has 10 rings (SSSR count). The lowest BCUT2D eigenvalue weighted by Gasteiger charge is -2.19. The van der Waals surface area contributed by atoms with Crippen molar-refractivity contribution in [1.82, 2.24) is 0 Å². The van der Waals surface area contributed by atoms with Gasteiger partial charge in [0.2, 0.25) is 0 Å². The molecular formula is C46H28O. The highest BCUT2D eigenvalue weighted by Crippen LogP contribution is 2.47. The van der Waals surface area contributed by atoms with Crippen LogP contribution in [0.5, 0.6) is 0 Å². The van der Waals surface area contributed by atoms with Gasteiger partial charge in [0.15, 0.2) is 0 Å². The van der Waals surface area contributed by atoms with E-state index in [1.807, 2.05) is 6.07 Å². The molecule has 1 nitrogen and oxygen atoms in total. The van der Waals surface area contributed by atoms with Crippen molar-refractivity contribution in [2.45, 2.75) is 0 Å². The highest BCUT2D eigenvalue weighted by atomic mass is 16.3. The van der Waals surface area contributed by atoms with Crippen LogP contribution in [0.3, 0.4) is 0 Å². The summed E-state index contributed by atoms with van der Waals surface area (Å²) in [6.45, 7) is 0. The highest BCUT2D eigenvalue weighted by molar-refractivity contribution is 6.25. The first kappa shape index (κ1) is 26.1. The van der Waals surface area contributed by atoms with E-state index >= 15 is 0 Å². The number of para-hydroxylation sites is 1. The average molecular weight is 597 g/mol. The van der Waals surface area contributed by atoms with Gasteiger partial charge in [-0.25, -0.2) is 0 Å². The van der Waals surface area contributed by atoms with Crippen LogP contribution < -0.4 is 0 Å². The zero-order valence-corrected chi connectivity index (χ0v) is 25.6. The maximum absolute atomic E-state index is 6.34. The Morgan fingerprint density at radius 2 is 0.830 bits per heavy atom. The Morgan fingerprint density at radius 1 is 0.298 bits per heavy atom. The van der Waals surface area contributed by atoms with E-state index in [2.05, 4.69) is 164 Å². The third-order valence-electron chi connectivity index (χ3n) is 9.83. The second-order valence-electron chi connectivity index (χ2n) is 12.4. The molecule has 0 aliphatic heterocycles. The summed E-state index contributed by atoms with van der Waals surface area (Å²) >= 11 is 0. The summed E-state index contributed by atoms with van der Waals surface area (Å²) in [5.41, 5.74) is 9.22. The quantitative estimate of drug-likeness (QED) is 0.146. The molecule has 0 amide bonds. The summed E-state index contributed by atoms with van der Waals surface area (Å²) in [6.07, 6.45) is 0. The van der Waals surface area contributed by atoms with Gasteiger partial charge in [-0.2, -0.15) is 0 Å². The number of fused-ring (bicyclic) bond motifs is 8. The molecule has 0 spiro atoms. The smallest absolute Gasteiger partial charge is 0.136 e. The number of hydrogen-bond donors (Lipinski definition) is 0. The van der Waals surface area contributed by atoms with Crippen molar-refractivity contribution >= 4 is 65.0 Å². The second kappa shape index (κ2) is 10.2. The molecule has 9 aromatic carbocycles. The molecule has 1 heteroatoms. The molecule has 0 atom stereocenters. The average Bonchev–Trinajstić information content (AvgIpc) is 3.53. The standard InChI is InChI=1S/C46H28O/c1-2-16-32-30(13-1)28-41(34-18-4-3-17-33(32)34)29-14-11-15-31(27-29)44-35-19-5-7-21-37(35)45(38-22-8-6-20-36(38)44)40-24-12-26-43-46(40)39-23-9-10-25-42(39)47-43/h1-28H. The molecule has 0 bridgehead atoms. The first-order chi connectivity index (χ1) is 23.3. The van der Waals surface area contributed by atoms with Gasteiger partial charge in [-0.1, -0.05) is 146 Å². The Morgan fingerprint density at radius 3 is 1.57 bits per heavy atom. The van der Waals surface area contributed by atoms with Gasteiger partial charge in [-0.15, -0.1) is 0 Å². The fraction of sp³-hybridized carbons (Fsp3) is 0. The number of furan rings is 1. The van der Waals surface area contributed by atoms with Gasteiger partial charge in [-0.3, -0.25) is 0 Å². The normalized spacial score (nSPS) is 11.8. The summed E-state index contributed by atoms with van der Waals surface area (Å²) in [7, 11) is 0. The summed E-state index contributed by atoms with van der Waals surface area (Å²) in [4.78, 5) is 0. The first-order valence-electron chi connectivity index (χ1n) is 16.2. The Hall–Kier alpha value is -6.18. The van der Waals surface area contributed by atoms with Crippen LogP contribution in [-0.4, -0.2) is 0 Å². The molecule has 1 heterocycles. The fourth-order valence-corrected chi connectivity index (χ4v) is 7.85. The van der Waals surface area contributed by atoms with Crippen LogP contribution in [-0.2, 0) is 0 Å². The summed E-state index contributed by atoms with van der Waals surface area (Å²) in [5, 5.41) is 12.4. The molecule has 0 radical (unpaired) electrons. The SMILES string of the molecule is c1cc(-c2c3ccccc3c(-c3cccc4oc5ccccc5c34)c3ccccc23)cc(-c2cc3ccccc3c3ccccc23)c1. The van der Waals surface area contributed by atoms with Crippen molar-refractivity contribution in [2.24, 2.45) is 0 Å². The summed E-state index contributed by atoms with van der Waals surface area (Å²) < 4.78 is 6.34. The molecule has 0 fully saturated rings. The summed E-state index contributed by atoms with van der Waals surface area (Å²) in [6, 6.07) is 61.6. The minimum Gasteiger partial charge on any atom is -0.456 e. The van der Waals surface area contributed by atoms with Crippen LogP contribution in [0.25, 0.3) is 98.4 Å². The van der Waals surface area contributed by atoms with E-state index in [0.29, 0.717) is 0 Å². The lowest BCUT2D eigenvalue weighted by Crippen LogP contribution is -1.92. The van der Waals surface area contributed by atoms with E-state index in [0.717, 1.165) is 21.9 Å². The molecule has 1 aromatic heterocycles. The first-order valence-corrected chi connectivity index (χ1v) is 16.2. The Bertz CT molecular complexity index is 2800. The molecule has 47 heavy (non-hydrogen) atoms. The Balaban J connectivity index is 1.27. The molecule has 0 saturated carbocycles. The fourth-order valence-electron chi connectivity index (χ4n) is 7.85. The van der Waals surface area contributed by atoms with Crippen molar-refractivity contribution in [3.63, 3.8) is 0 Å². The molecule has 0 saturated heterocycles. The third-order valence-corrected chi connectivity index (χ3v) is 9.83. The molecule has 0 unspecified atom stereocenters. The van der Waals surface area contributed by atoms with Gasteiger partial charge in [0.1, 0.15) is 11.2 Å². The van der Waals surface area contributed by atoms with Gasteiger partial charge in [0.25, 0.3) is 0 Å². The van der Waals surface area contributed by atoms with Crippen molar-refractivity contribution in [1.29, 1.82) is 0 Å². The van der Waals surface area contributed by atoms with Crippen molar-refractivity contribution < 1.29 is 4.42 Å². The van der Waals surface area contributed by atoms with E-state index in [1.54, 1.807) is 0 Å². The van der Waals surface area contributed by atoms with Crippen molar-refractivity contribution in [3.05, 3.63) is 170 Å². The second-order valence-corrected chi connectivity index (χ2v) is 12.4. The highest BCUT2D eigenvalue weighted by Gasteiger charge is 2.20. The van der Waals surface area contributed by atoms with E-state index in [-0.39, 0.29) is 0 Å². The Labute approximate surface area is 271 Å². The molecular weight excluding hydrogens is 569 g/mol. The van der Waals surface area contributed by atoms with Gasteiger partial charge in [0.05, 0.1) is 0 Å². The van der Waals surface area contributed by atoms with Gasteiger partial charge in [-0.05, 0) is 101 Å². The maximum Gasteiger partial charge on any atom is 0.136 e. The predicted octanol–water partition coefficient (Wildman–Crippen LogP) is 13.2. The molecule has 0 aliphatic rings. The number of rotatable bonds is 3.